The number of hydrogen-bond acceptors (Lipinski definition) is 2. The summed E-state index contributed by atoms with van der Waals surface area (Å²) in [6.07, 6.45) is 0. The Kier molecular flexibility index (Phi) is 5.36. The van der Waals surface area contributed by atoms with Crippen LogP contribution in [0, 0.1) is 22.0 Å². The molecule has 0 aliphatic carbocycles. The Bertz CT molecular complexity index is 721. The molecule has 0 heterocycles. The highest BCUT2D eigenvalue weighted by Crippen LogP contribution is 2.53. The Hall–Kier alpha value is -2.16. The number of nitrogens with zero attached hydrogens (tertiary/aromatic N) is 1. The van der Waals surface area contributed by atoms with E-state index in [0.717, 1.165) is 5.56 Å². The van der Waals surface area contributed by atoms with Crippen LogP contribution in [0.25, 0.3) is 0 Å². The Morgan fingerprint density at radius 3 is 1.52 bits per heavy atom. The van der Waals surface area contributed by atoms with Gasteiger partial charge in [0.05, 0.1) is 4.92 Å². The molecule has 0 spiro atoms. The number of non-ortho nitro benzene ring substituents is 1. The van der Waals surface area contributed by atoms with E-state index >= 15 is 0 Å². The molecule has 0 bridgehead atoms. The third kappa shape index (κ3) is 3.08. The molecule has 0 aliphatic heterocycles. The van der Waals surface area contributed by atoms with E-state index < -0.39 is 0 Å². The quantitative estimate of drug-likeness (QED) is 0.470. The third-order valence-electron chi connectivity index (χ3n) is 6.44. The second-order valence-corrected chi connectivity index (χ2v) is 7.88. The fraction of sp³-hybridized carbons (Fsp3) is 0.455. The molecule has 0 saturated heterocycles. The largest absolute Gasteiger partial charge is 0.269 e. The molecule has 0 fully saturated rings. The minimum absolute atomic E-state index is 0.113. The van der Waals surface area contributed by atoms with Crippen LogP contribution in [0.3, 0.4) is 0 Å². The second-order valence-electron chi connectivity index (χ2n) is 7.88. The minimum Gasteiger partial charge on any atom is -0.258 e. The summed E-state index contributed by atoms with van der Waals surface area (Å²) < 4.78 is 0. The number of benzene rings is 2. The lowest BCUT2D eigenvalue weighted by Gasteiger charge is -2.53. The molecule has 2 aromatic rings. The van der Waals surface area contributed by atoms with Crippen LogP contribution in [0.15, 0.2) is 54.6 Å². The van der Waals surface area contributed by atoms with Crippen molar-refractivity contribution in [1.29, 1.82) is 0 Å². The van der Waals surface area contributed by atoms with Gasteiger partial charge in [0.2, 0.25) is 0 Å². The van der Waals surface area contributed by atoms with Crippen molar-refractivity contribution in [3.63, 3.8) is 0 Å². The SMILES string of the molecule is CC(C)[C@@](C)(c1ccccc1)[C@](C)(c1ccc([N+](=O)[O-])cc1)C(C)C. The van der Waals surface area contributed by atoms with E-state index in [1.807, 2.05) is 18.2 Å². The van der Waals surface area contributed by atoms with Gasteiger partial charge in [-0.15, -0.1) is 0 Å². The molecule has 0 aliphatic rings. The molecule has 0 amide bonds. The van der Waals surface area contributed by atoms with Crippen LogP contribution in [0.2, 0.25) is 0 Å². The van der Waals surface area contributed by atoms with E-state index in [1.54, 1.807) is 12.1 Å². The summed E-state index contributed by atoms with van der Waals surface area (Å²) >= 11 is 0. The first kappa shape index (κ1) is 19.2. The van der Waals surface area contributed by atoms with Gasteiger partial charge in [-0.25, -0.2) is 0 Å². The van der Waals surface area contributed by atoms with E-state index in [2.05, 4.69) is 65.8 Å². The fourth-order valence-electron chi connectivity index (χ4n) is 4.18. The first-order valence-corrected chi connectivity index (χ1v) is 8.96. The average Bonchev–Trinajstić information content (AvgIpc) is 2.60. The van der Waals surface area contributed by atoms with Crippen molar-refractivity contribution in [2.75, 3.05) is 0 Å². The van der Waals surface area contributed by atoms with Crippen LogP contribution in [-0.4, -0.2) is 4.92 Å². The molecule has 2 atom stereocenters. The molecule has 0 aromatic heterocycles. The summed E-state index contributed by atoms with van der Waals surface area (Å²) in [7, 11) is 0. The van der Waals surface area contributed by atoms with Gasteiger partial charge in [-0.05, 0) is 23.0 Å². The van der Waals surface area contributed by atoms with Crippen LogP contribution >= 0.6 is 0 Å². The lowest BCUT2D eigenvalue weighted by atomic mass is 9.50. The summed E-state index contributed by atoms with van der Waals surface area (Å²) in [4.78, 5) is 10.7. The highest BCUT2D eigenvalue weighted by Gasteiger charge is 2.50. The highest BCUT2D eigenvalue weighted by molar-refractivity contribution is 5.42. The number of nitro groups is 1. The second kappa shape index (κ2) is 6.99. The molecule has 3 heteroatoms. The van der Waals surface area contributed by atoms with Gasteiger partial charge >= 0.3 is 0 Å². The van der Waals surface area contributed by atoms with Gasteiger partial charge in [-0.1, -0.05) is 84.0 Å². The molecule has 0 unspecified atom stereocenters. The smallest absolute Gasteiger partial charge is 0.258 e. The first-order valence-electron chi connectivity index (χ1n) is 8.96. The zero-order chi connectivity index (χ0) is 18.8. The summed E-state index contributed by atoms with van der Waals surface area (Å²) in [6, 6.07) is 17.7. The van der Waals surface area contributed by atoms with Crippen molar-refractivity contribution < 1.29 is 4.92 Å². The summed E-state index contributed by atoms with van der Waals surface area (Å²) in [6.45, 7) is 13.6. The topological polar surface area (TPSA) is 43.1 Å². The van der Waals surface area contributed by atoms with E-state index in [1.165, 1.54) is 5.56 Å². The number of nitro benzene ring substituents is 1. The fourth-order valence-corrected chi connectivity index (χ4v) is 4.18. The lowest BCUT2D eigenvalue weighted by Crippen LogP contribution is -2.52. The number of rotatable bonds is 6. The highest BCUT2D eigenvalue weighted by atomic mass is 16.6. The summed E-state index contributed by atoms with van der Waals surface area (Å²) in [5.74, 6) is 0.763. The van der Waals surface area contributed by atoms with Crippen LogP contribution in [-0.2, 0) is 10.8 Å². The molecular weight excluding hydrogens is 310 g/mol. The van der Waals surface area contributed by atoms with Crippen molar-refractivity contribution in [3.8, 4) is 0 Å². The van der Waals surface area contributed by atoms with E-state index in [-0.39, 0.29) is 21.4 Å². The molecule has 2 aromatic carbocycles. The van der Waals surface area contributed by atoms with Gasteiger partial charge in [-0.2, -0.15) is 0 Å². The summed E-state index contributed by atoms with van der Waals surface area (Å²) in [5.41, 5.74) is 2.31. The van der Waals surface area contributed by atoms with Crippen molar-refractivity contribution in [2.45, 2.75) is 52.4 Å². The van der Waals surface area contributed by atoms with Crippen molar-refractivity contribution >= 4 is 5.69 Å². The Morgan fingerprint density at radius 2 is 1.16 bits per heavy atom. The van der Waals surface area contributed by atoms with Crippen LogP contribution < -0.4 is 0 Å². The molecule has 0 radical (unpaired) electrons. The molecule has 2 rings (SSSR count). The maximum Gasteiger partial charge on any atom is 0.269 e. The van der Waals surface area contributed by atoms with Gasteiger partial charge in [0.15, 0.2) is 0 Å². The third-order valence-corrected chi connectivity index (χ3v) is 6.44. The molecule has 25 heavy (non-hydrogen) atoms. The predicted octanol–water partition coefficient (Wildman–Crippen LogP) is 6.12. The van der Waals surface area contributed by atoms with E-state index in [4.69, 9.17) is 0 Å². The van der Waals surface area contributed by atoms with Crippen LogP contribution in [0.1, 0.15) is 52.7 Å². The number of hydrogen-bond donors (Lipinski definition) is 0. The average molecular weight is 339 g/mol. The zero-order valence-corrected chi connectivity index (χ0v) is 16.1. The van der Waals surface area contributed by atoms with Crippen molar-refractivity contribution in [1.82, 2.24) is 0 Å². The van der Waals surface area contributed by atoms with Crippen LogP contribution in [0.5, 0.6) is 0 Å². The maximum atomic E-state index is 11.0. The normalized spacial score (nSPS) is 16.5. The molecule has 3 nitrogen and oxygen atoms in total. The van der Waals surface area contributed by atoms with E-state index in [9.17, 15) is 10.1 Å². The Morgan fingerprint density at radius 1 is 0.760 bits per heavy atom. The van der Waals surface area contributed by atoms with E-state index in [0.29, 0.717) is 11.8 Å². The molecular formula is C22H29NO2. The monoisotopic (exact) mass is 339 g/mol. The van der Waals surface area contributed by atoms with Gasteiger partial charge in [0, 0.05) is 23.0 Å². The minimum atomic E-state index is -0.338. The van der Waals surface area contributed by atoms with Gasteiger partial charge in [-0.3, -0.25) is 10.1 Å². The predicted molar refractivity (Wildman–Crippen MR) is 104 cm³/mol. The van der Waals surface area contributed by atoms with Crippen LogP contribution in [0.4, 0.5) is 5.69 Å². The summed E-state index contributed by atoms with van der Waals surface area (Å²) in [5, 5.41) is 11.0. The van der Waals surface area contributed by atoms with Crippen molar-refractivity contribution in [3.05, 3.63) is 75.8 Å². The molecule has 134 valence electrons. The van der Waals surface area contributed by atoms with Gasteiger partial charge < -0.3 is 0 Å². The standard InChI is InChI=1S/C22H29NO2/c1-16(2)21(5,18-10-8-7-9-11-18)22(6,17(3)4)19-12-14-20(15-13-19)23(24)25/h7-17H,1-6H3/t21-,22-/m0/s1. The first-order chi connectivity index (χ1) is 11.7. The van der Waals surface area contributed by atoms with Gasteiger partial charge in [0.1, 0.15) is 0 Å². The zero-order valence-electron chi connectivity index (χ0n) is 16.1. The lowest BCUT2D eigenvalue weighted by molar-refractivity contribution is -0.384. The Balaban J connectivity index is 2.69. The molecule has 0 saturated carbocycles. The molecule has 0 N–H and O–H groups in total. The van der Waals surface area contributed by atoms with Crippen molar-refractivity contribution in [2.24, 2.45) is 11.8 Å². The van der Waals surface area contributed by atoms with Gasteiger partial charge in [0.25, 0.3) is 5.69 Å². The maximum absolute atomic E-state index is 11.0. The Labute approximate surface area is 151 Å².